The molecule has 3 atom stereocenters. The molecular formula is C21H29F3N2O2. The maximum atomic E-state index is 12.9. The topological polar surface area (TPSA) is 61.4 Å². The van der Waals surface area contributed by atoms with Crippen molar-refractivity contribution in [3.05, 3.63) is 29.8 Å². The highest BCUT2D eigenvalue weighted by molar-refractivity contribution is 5.88. The quantitative estimate of drug-likeness (QED) is 0.668. The van der Waals surface area contributed by atoms with Crippen molar-refractivity contribution in [1.29, 1.82) is 0 Å². The van der Waals surface area contributed by atoms with Crippen LogP contribution in [0, 0.1) is 11.8 Å². The Morgan fingerprint density at radius 3 is 2.71 bits per heavy atom. The molecule has 0 aromatic heterocycles. The molecule has 0 heterocycles. The number of hydrogen-bond acceptors (Lipinski definition) is 3. The van der Waals surface area contributed by atoms with Gasteiger partial charge < -0.3 is 15.7 Å². The second-order valence-corrected chi connectivity index (χ2v) is 9.01. The number of rotatable bonds is 6. The van der Waals surface area contributed by atoms with Crippen LogP contribution in [0.15, 0.2) is 24.3 Å². The van der Waals surface area contributed by atoms with Crippen molar-refractivity contribution in [3.8, 4) is 0 Å². The summed E-state index contributed by atoms with van der Waals surface area (Å²) >= 11 is 0. The summed E-state index contributed by atoms with van der Waals surface area (Å²) < 4.78 is 38.6. The van der Waals surface area contributed by atoms with Crippen LogP contribution in [0.4, 0.5) is 18.9 Å². The zero-order valence-electron chi connectivity index (χ0n) is 16.4. The van der Waals surface area contributed by atoms with E-state index in [4.69, 9.17) is 0 Å². The predicted octanol–water partition coefficient (Wildman–Crippen LogP) is 4.34. The lowest BCUT2D eigenvalue weighted by atomic mass is 9.77. The molecule has 2 bridgehead atoms. The van der Waals surface area contributed by atoms with Crippen LogP contribution in [-0.2, 0) is 11.0 Å². The maximum absolute atomic E-state index is 12.9. The van der Waals surface area contributed by atoms with Gasteiger partial charge in [-0.3, -0.25) is 4.79 Å². The molecule has 2 saturated carbocycles. The molecule has 2 fully saturated rings. The van der Waals surface area contributed by atoms with Crippen LogP contribution in [-0.4, -0.2) is 28.7 Å². The zero-order valence-corrected chi connectivity index (χ0v) is 16.4. The Kier molecular flexibility index (Phi) is 5.67. The van der Waals surface area contributed by atoms with Gasteiger partial charge in [0.05, 0.1) is 11.2 Å². The number of nitrogens with one attached hydrogen (secondary N) is 2. The summed E-state index contributed by atoms with van der Waals surface area (Å²) in [6.07, 6.45) is 1.17. The van der Waals surface area contributed by atoms with E-state index in [0.717, 1.165) is 50.7 Å². The van der Waals surface area contributed by atoms with Gasteiger partial charge in [-0.05, 0) is 82.4 Å². The molecule has 1 aromatic carbocycles. The molecule has 28 heavy (non-hydrogen) atoms. The van der Waals surface area contributed by atoms with E-state index < -0.39 is 22.9 Å². The fourth-order valence-corrected chi connectivity index (χ4v) is 4.71. The highest BCUT2D eigenvalue weighted by atomic mass is 19.4. The Morgan fingerprint density at radius 1 is 1.29 bits per heavy atom. The number of amides is 1. The third-order valence-electron chi connectivity index (χ3n) is 6.07. The van der Waals surface area contributed by atoms with Crippen LogP contribution in [0.5, 0.6) is 0 Å². The van der Waals surface area contributed by atoms with Gasteiger partial charge in [0.2, 0.25) is 5.91 Å². The minimum Gasteiger partial charge on any atom is -0.390 e. The first-order valence-electron chi connectivity index (χ1n) is 9.93. The zero-order chi connectivity index (χ0) is 20.6. The summed E-state index contributed by atoms with van der Waals surface area (Å²) in [5.41, 5.74) is -2.06. The van der Waals surface area contributed by atoms with Crippen molar-refractivity contribution < 1.29 is 23.1 Å². The van der Waals surface area contributed by atoms with Gasteiger partial charge in [0, 0.05) is 12.2 Å². The van der Waals surface area contributed by atoms with Crippen molar-refractivity contribution in [2.75, 3.05) is 11.9 Å². The Labute approximate surface area is 163 Å². The molecule has 0 saturated heterocycles. The average Bonchev–Trinajstić information content (AvgIpc) is 2.86. The molecule has 3 rings (SSSR count). The largest absolute Gasteiger partial charge is 0.416 e. The molecule has 1 aromatic rings. The second-order valence-electron chi connectivity index (χ2n) is 9.01. The molecule has 0 aliphatic heterocycles. The van der Waals surface area contributed by atoms with E-state index >= 15 is 0 Å². The number of carbonyl (C=O) groups is 1. The molecule has 2 aliphatic carbocycles. The summed E-state index contributed by atoms with van der Waals surface area (Å²) in [7, 11) is 0. The van der Waals surface area contributed by atoms with Gasteiger partial charge in [-0.2, -0.15) is 13.2 Å². The maximum Gasteiger partial charge on any atom is 0.416 e. The summed E-state index contributed by atoms with van der Waals surface area (Å²) in [4.78, 5) is 12.6. The first-order valence-corrected chi connectivity index (χ1v) is 9.93. The van der Waals surface area contributed by atoms with Crippen LogP contribution in [0.3, 0.4) is 0 Å². The fraction of sp³-hybridized carbons (Fsp3) is 0.667. The number of hydrogen-bond donors (Lipinski definition) is 3. The van der Waals surface area contributed by atoms with Crippen LogP contribution < -0.4 is 10.6 Å². The minimum atomic E-state index is -4.42. The third-order valence-corrected chi connectivity index (χ3v) is 6.07. The van der Waals surface area contributed by atoms with Crippen LogP contribution in [0.25, 0.3) is 0 Å². The minimum absolute atomic E-state index is 0.251. The molecule has 4 nitrogen and oxygen atoms in total. The summed E-state index contributed by atoms with van der Waals surface area (Å²) in [6.45, 7) is 3.79. The molecule has 0 radical (unpaired) electrons. The Balaban J connectivity index is 1.51. The van der Waals surface area contributed by atoms with E-state index in [1.807, 2.05) is 0 Å². The van der Waals surface area contributed by atoms with Gasteiger partial charge >= 0.3 is 6.18 Å². The van der Waals surface area contributed by atoms with Crippen molar-refractivity contribution in [1.82, 2.24) is 5.32 Å². The number of aliphatic hydroxyl groups is 1. The van der Waals surface area contributed by atoms with Gasteiger partial charge in [-0.1, -0.05) is 6.07 Å². The molecule has 1 amide bonds. The SMILES string of the molecule is CC(C)(Nc1cccc(C(F)(F)F)c1)C(=O)NCCC1C[C@@H]2CC[C@@](O)(C1)C2. The standard InChI is InChI=1S/C21H29F3N2O2/c1-19(2,26-17-5-3-4-16(11-17)21(22,23)24)18(27)25-9-7-15-10-14-6-8-20(28,12-14)13-15/h3-5,11,14-15,26,28H,6-10,12-13H2,1-2H3,(H,25,27)/t14-,15?,20-/m0/s1. The first kappa shape index (κ1) is 21.0. The van der Waals surface area contributed by atoms with Gasteiger partial charge in [-0.25, -0.2) is 0 Å². The van der Waals surface area contributed by atoms with E-state index in [9.17, 15) is 23.1 Å². The smallest absolute Gasteiger partial charge is 0.390 e. The van der Waals surface area contributed by atoms with E-state index in [1.54, 1.807) is 13.8 Å². The average molecular weight is 398 g/mol. The lowest BCUT2D eigenvalue weighted by Crippen LogP contribution is -2.48. The van der Waals surface area contributed by atoms with Crippen molar-refractivity contribution in [2.45, 2.75) is 69.7 Å². The van der Waals surface area contributed by atoms with Gasteiger partial charge in [0.1, 0.15) is 5.54 Å². The molecule has 0 spiro atoms. The lowest BCUT2D eigenvalue weighted by Gasteiger charge is -2.34. The van der Waals surface area contributed by atoms with E-state index in [1.165, 1.54) is 12.1 Å². The van der Waals surface area contributed by atoms with Crippen molar-refractivity contribution in [3.63, 3.8) is 0 Å². The third kappa shape index (κ3) is 4.99. The number of carbonyl (C=O) groups excluding carboxylic acids is 1. The Hall–Kier alpha value is -1.76. The van der Waals surface area contributed by atoms with E-state index in [-0.39, 0.29) is 11.6 Å². The molecule has 2 aliphatic rings. The summed E-state index contributed by atoms with van der Waals surface area (Å²) in [5, 5.41) is 16.3. The van der Waals surface area contributed by atoms with Crippen LogP contribution >= 0.6 is 0 Å². The van der Waals surface area contributed by atoms with Gasteiger partial charge in [0.25, 0.3) is 0 Å². The molecule has 7 heteroatoms. The van der Waals surface area contributed by atoms with Crippen molar-refractivity contribution in [2.24, 2.45) is 11.8 Å². The lowest BCUT2D eigenvalue weighted by molar-refractivity contribution is -0.137. The number of fused-ring (bicyclic) bond motifs is 2. The highest BCUT2D eigenvalue weighted by Crippen LogP contribution is 2.48. The number of halogens is 3. The Morgan fingerprint density at radius 2 is 2.04 bits per heavy atom. The number of benzene rings is 1. The summed E-state index contributed by atoms with van der Waals surface area (Å²) in [6, 6.07) is 4.85. The van der Waals surface area contributed by atoms with Crippen molar-refractivity contribution >= 4 is 11.6 Å². The molecule has 1 unspecified atom stereocenters. The van der Waals surface area contributed by atoms with Gasteiger partial charge in [-0.15, -0.1) is 0 Å². The fourth-order valence-electron chi connectivity index (χ4n) is 4.71. The van der Waals surface area contributed by atoms with Crippen LogP contribution in [0.1, 0.15) is 57.9 Å². The normalized spacial score (nSPS) is 27.5. The molecular weight excluding hydrogens is 369 g/mol. The monoisotopic (exact) mass is 398 g/mol. The summed E-state index contributed by atoms with van der Waals surface area (Å²) in [5.74, 6) is 0.743. The number of alkyl halides is 3. The second kappa shape index (κ2) is 7.58. The first-order chi connectivity index (χ1) is 13.0. The molecule has 3 N–H and O–H groups in total. The number of anilines is 1. The molecule has 156 valence electrons. The Bertz CT molecular complexity index is 720. The highest BCUT2D eigenvalue weighted by Gasteiger charge is 2.44. The van der Waals surface area contributed by atoms with E-state index in [0.29, 0.717) is 18.4 Å². The van der Waals surface area contributed by atoms with E-state index in [2.05, 4.69) is 10.6 Å². The van der Waals surface area contributed by atoms with Gasteiger partial charge in [0.15, 0.2) is 0 Å². The van der Waals surface area contributed by atoms with Crippen LogP contribution in [0.2, 0.25) is 0 Å². The predicted molar refractivity (Wildman–Crippen MR) is 102 cm³/mol.